The molecule has 3 aromatic carbocycles. The summed E-state index contributed by atoms with van der Waals surface area (Å²) >= 11 is 0. The first kappa shape index (κ1) is 25.6. The van der Waals surface area contributed by atoms with Crippen molar-refractivity contribution in [1.82, 2.24) is 5.32 Å². The van der Waals surface area contributed by atoms with Crippen molar-refractivity contribution in [3.8, 4) is 11.5 Å². The summed E-state index contributed by atoms with van der Waals surface area (Å²) < 4.78 is 38.8. The molecule has 0 saturated carbocycles. The summed E-state index contributed by atoms with van der Waals surface area (Å²) in [6.07, 6.45) is 0. The van der Waals surface area contributed by atoms with Crippen LogP contribution >= 0.6 is 0 Å². The molecule has 0 atom stereocenters. The SMILES string of the molecule is CCNC(=O)COc1cccc(NC(=O)c2cc(S(=O)(=O)Nc3ccc(OC)cc3)ccc2C)c1. The van der Waals surface area contributed by atoms with Crippen LogP contribution in [0.25, 0.3) is 0 Å². The molecule has 184 valence electrons. The maximum absolute atomic E-state index is 13.0. The van der Waals surface area contributed by atoms with Crippen molar-refractivity contribution < 1.29 is 27.5 Å². The van der Waals surface area contributed by atoms with Crippen LogP contribution in [0.15, 0.2) is 71.6 Å². The largest absolute Gasteiger partial charge is 0.497 e. The maximum Gasteiger partial charge on any atom is 0.261 e. The molecule has 0 bridgehead atoms. The van der Waals surface area contributed by atoms with Crippen molar-refractivity contribution in [3.05, 3.63) is 77.9 Å². The summed E-state index contributed by atoms with van der Waals surface area (Å²) in [6, 6.07) is 17.4. The molecule has 0 heterocycles. The van der Waals surface area contributed by atoms with Gasteiger partial charge < -0.3 is 20.1 Å². The molecule has 0 unspecified atom stereocenters. The van der Waals surface area contributed by atoms with Gasteiger partial charge in [-0.05, 0) is 67.9 Å². The van der Waals surface area contributed by atoms with Crippen LogP contribution in [-0.2, 0) is 14.8 Å². The Kier molecular flexibility index (Phi) is 8.32. The van der Waals surface area contributed by atoms with Crippen LogP contribution < -0.4 is 24.8 Å². The quantitative estimate of drug-likeness (QED) is 0.394. The van der Waals surface area contributed by atoms with Crippen LogP contribution in [0, 0.1) is 6.92 Å². The predicted octanol–water partition coefficient (Wildman–Crippen LogP) is 3.57. The Morgan fingerprint density at radius 2 is 1.66 bits per heavy atom. The minimum atomic E-state index is -3.93. The van der Waals surface area contributed by atoms with Gasteiger partial charge in [0.15, 0.2) is 6.61 Å². The fourth-order valence-electron chi connectivity index (χ4n) is 3.15. The summed E-state index contributed by atoms with van der Waals surface area (Å²) in [7, 11) is -2.41. The van der Waals surface area contributed by atoms with Crippen molar-refractivity contribution in [2.45, 2.75) is 18.7 Å². The van der Waals surface area contributed by atoms with E-state index in [1.54, 1.807) is 61.5 Å². The molecule has 10 heteroatoms. The number of carbonyl (C=O) groups is 2. The van der Waals surface area contributed by atoms with Gasteiger partial charge in [0.2, 0.25) is 0 Å². The average Bonchev–Trinajstić information content (AvgIpc) is 2.83. The van der Waals surface area contributed by atoms with E-state index in [1.165, 1.54) is 19.2 Å². The molecule has 0 aliphatic rings. The van der Waals surface area contributed by atoms with Crippen LogP contribution in [0.2, 0.25) is 0 Å². The van der Waals surface area contributed by atoms with Crippen LogP contribution in [0.4, 0.5) is 11.4 Å². The number of amides is 2. The number of hydrogen-bond donors (Lipinski definition) is 3. The molecule has 0 saturated heterocycles. The topological polar surface area (TPSA) is 123 Å². The third kappa shape index (κ3) is 6.97. The molecule has 0 aliphatic heterocycles. The van der Waals surface area contributed by atoms with E-state index in [2.05, 4.69) is 15.4 Å². The Morgan fingerprint density at radius 3 is 2.34 bits per heavy atom. The molecule has 0 fully saturated rings. The Morgan fingerprint density at radius 1 is 0.914 bits per heavy atom. The third-order valence-electron chi connectivity index (χ3n) is 4.94. The number of rotatable bonds is 10. The summed E-state index contributed by atoms with van der Waals surface area (Å²) in [5.74, 6) is 0.274. The lowest BCUT2D eigenvalue weighted by atomic mass is 10.1. The van der Waals surface area contributed by atoms with Gasteiger partial charge in [0.1, 0.15) is 11.5 Å². The van der Waals surface area contributed by atoms with Gasteiger partial charge in [0.05, 0.1) is 12.0 Å². The number of methoxy groups -OCH3 is 1. The van der Waals surface area contributed by atoms with Gasteiger partial charge in [-0.15, -0.1) is 0 Å². The molecule has 2 amide bonds. The highest BCUT2D eigenvalue weighted by molar-refractivity contribution is 7.92. The van der Waals surface area contributed by atoms with E-state index in [-0.39, 0.29) is 23.0 Å². The normalized spacial score (nSPS) is 10.8. The first-order chi connectivity index (χ1) is 16.7. The van der Waals surface area contributed by atoms with Gasteiger partial charge in [-0.25, -0.2) is 8.42 Å². The standard InChI is InChI=1S/C25H27N3O6S/c1-4-26-24(29)16-34-21-7-5-6-19(14-21)27-25(30)23-15-22(13-8-17(23)2)35(31,32)28-18-9-11-20(33-3)12-10-18/h5-15,28H,4,16H2,1-3H3,(H,26,29)(H,27,30). The lowest BCUT2D eigenvalue weighted by Crippen LogP contribution is -2.28. The molecule has 0 radical (unpaired) electrons. The number of anilines is 2. The highest BCUT2D eigenvalue weighted by atomic mass is 32.2. The second-order valence-electron chi connectivity index (χ2n) is 7.53. The Hall–Kier alpha value is -4.05. The van der Waals surface area contributed by atoms with Crippen molar-refractivity contribution in [2.24, 2.45) is 0 Å². The lowest BCUT2D eigenvalue weighted by Gasteiger charge is -2.13. The Labute approximate surface area is 204 Å². The third-order valence-corrected chi connectivity index (χ3v) is 6.32. The van der Waals surface area contributed by atoms with Crippen molar-refractivity contribution in [2.75, 3.05) is 30.3 Å². The fourth-order valence-corrected chi connectivity index (χ4v) is 4.23. The van der Waals surface area contributed by atoms with Crippen LogP contribution in [0.3, 0.4) is 0 Å². The minimum Gasteiger partial charge on any atom is -0.497 e. The zero-order valence-electron chi connectivity index (χ0n) is 19.6. The Bertz CT molecular complexity index is 1310. The van der Waals surface area contributed by atoms with E-state index in [4.69, 9.17) is 9.47 Å². The monoisotopic (exact) mass is 497 g/mol. The number of aryl methyl sites for hydroxylation is 1. The molecular formula is C25H27N3O6S. The molecule has 0 spiro atoms. The summed E-state index contributed by atoms with van der Waals surface area (Å²) in [4.78, 5) is 24.5. The number of sulfonamides is 1. The summed E-state index contributed by atoms with van der Waals surface area (Å²) in [6.45, 7) is 3.88. The molecular weight excluding hydrogens is 470 g/mol. The van der Waals surface area contributed by atoms with E-state index >= 15 is 0 Å². The highest BCUT2D eigenvalue weighted by Gasteiger charge is 2.19. The lowest BCUT2D eigenvalue weighted by molar-refractivity contribution is -0.122. The average molecular weight is 498 g/mol. The second kappa shape index (κ2) is 11.4. The number of nitrogens with one attached hydrogen (secondary N) is 3. The van der Waals surface area contributed by atoms with E-state index < -0.39 is 15.9 Å². The van der Waals surface area contributed by atoms with Crippen LogP contribution in [0.1, 0.15) is 22.8 Å². The van der Waals surface area contributed by atoms with E-state index in [1.807, 2.05) is 6.92 Å². The molecule has 0 aliphatic carbocycles. The summed E-state index contributed by atoms with van der Waals surface area (Å²) in [5.41, 5.74) is 1.61. The van der Waals surface area contributed by atoms with Crippen LogP contribution in [-0.4, -0.2) is 40.5 Å². The van der Waals surface area contributed by atoms with E-state index in [0.29, 0.717) is 35.0 Å². The molecule has 0 aromatic heterocycles. The first-order valence-electron chi connectivity index (χ1n) is 10.8. The molecule has 3 N–H and O–H groups in total. The van der Waals surface area contributed by atoms with Crippen LogP contribution in [0.5, 0.6) is 11.5 Å². The number of carbonyl (C=O) groups excluding carboxylic acids is 2. The van der Waals surface area contributed by atoms with E-state index in [0.717, 1.165) is 0 Å². The van der Waals surface area contributed by atoms with Gasteiger partial charge in [-0.1, -0.05) is 12.1 Å². The van der Waals surface area contributed by atoms with Gasteiger partial charge in [-0.3, -0.25) is 14.3 Å². The van der Waals surface area contributed by atoms with Gasteiger partial charge in [0, 0.05) is 29.5 Å². The Balaban J connectivity index is 1.75. The summed E-state index contributed by atoms with van der Waals surface area (Å²) in [5, 5.41) is 5.38. The number of ether oxygens (including phenoxy) is 2. The highest BCUT2D eigenvalue weighted by Crippen LogP contribution is 2.23. The molecule has 3 rings (SSSR count). The van der Waals surface area contributed by atoms with Gasteiger partial charge in [-0.2, -0.15) is 0 Å². The van der Waals surface area contributed by atoms with Gasteiger partial charge in [0.25, 0.3) is 21.8 Å². The number of benzene rings is 3. The smallest absolute Gasteiger partial charge is 0.261 e. The molecule has 9 nitrogen and oxygen atoms in total. The van der Waals surface area contributed by atoms with Crippen molar-refractivity contribution in [1.29, 1.82) is 0 Å². The number of likely N-dealkylation sites (N-methyl/N-ethyl adjacent to an activating group) is 1. The fraction of sp³-hybridized carbons (Fsp3) is 0.200. The second-order valence-corrected chi connectivity index (χ2v) is 9.22. The van der Waals surface area contributed by atoms with Crippen molar-refractivity contribution in [3.63, 3.8) is 0 Å². The van der Waals surface area contributed by atoms with Gasteiger partial charge >= 0.3 is 0 Å². The zero-order valence-corrected chi connectivity index (χ0v) is 20.4. The number of hydrogen-bond acceptors (Lipinski definition) is 6. The molecule has 35 heavy (non-hydrogen) atoms. The minimum absolute atomic E-state index is 0.0527. The molecule has 3 aromatic rings. The maximum atomic E-state index is 13.0. The first-order valence-corrected chi connectivity index (χ1v) is 12.3. The predicted molar refractivity (Wildman–Crippen MR) is 134 cm³/mol. The van der Waals surface area contributed by atoms with Crippen molar-refractivity contribution >= 4 is 33.2 Å². The van der Waals surface area contributed by atoms with E-state index in [9.17, 15) is 18.0 Å². The zero-order chi connectivity index (χ0) is 25.4.